The van der Waals surface area contributed by atoms with Crippen LogP contribution < -0.4 is 5.32 Å². The summed E-state index contributed by atoms with van der Waals surface area (Å²) in [6.45, 7) is 4.13. The first-order valence-electron chi connectivity index (χ1n) is 8.62. The Morgan fingerprint density at radius 3 is 2.26 bits per heavy atom. The van der Waals surface area contributed by atoms with E-state index in [-0.39, 0.29) is 5.91 Å². The highest BCUT2D eigenvalue weighted by Gasteiger charge is 2.16. The first-order valence-corrected chi connectivity index (χ1v) is 8.62. The Morgan fingerprint density at radius 1 is 0.913 bits per heavy atom. The molecule has 1 fully saturated rings. The van der Waals surface area contributed by atoms with Gasteiger partial charge in [-0.15, -0.1) is 0 Å². The average Bonchev–Trinajstić information content (AvgIpc) is 2.59. The second-order valence-corrected chi connectivity index (χ2v) is 6.71. The summed E-state index contributed by atoms with van der Waals surface area (Å²) in [6, 6.07) is 14.2. The van der Waals surface area contributed by atoms with E-state index in [1.54, 1.807) is 0 Å². The summed E-state index contributed by atoms with van der Waals surface area (Å²) in [6.07, 6.45) is 6.61. The van der Waals surface area contributed by atoms with E-state index in [1.165, 1.54) is 48.8 Å². The Kier molecular flexibility index (Phi) is 4.80. The van der Waals surface area contributed by atoms with E-state index in [0.29, 0.717) is 5.92 Å². The maximum absolute atomic E-state index is 12.4. The van der Waals surface area contributed by atoms with Gasteiger partial charge < -0.3 is 5.32 Å². The van der Waals surface area contributed by atoms with Gasteiger partial charge in [-0.1, -0.05) is 37.5 Å². The highest BCUT2D eigenvalue weighted by Crippen LogP contribution is 2.32. The van der Waals surface area contributed by atoms with Gasteiger partial charge in [0.05, 0.1) is 0 Å². The van der Waals surface area contributed by atoms with Crippen LogP contribution in [0.25, 0.3) is 0 Å². The van der Waals surface area contributed by atoms with Crippen molar-refractivity contribution in [3.8, 4) is 0 Å². The van der Waals surface area contributed by atoms with Crippen LogP contribution in [0.4, 0.5) is 5.69 Å². The van der Waals surface area contributed by atoms with Crippen molar-refractivity contribution in [3.63, 3.8) is 0 Å². The minimum absolute atomic E-state index is 0.0385. The number of benzene rings is 2. The zero-order valence-corrected chi connectivity index (χ0v) is 14.1. The Morgan fingerprint density at radius 2 is 1.61 bits per heavy atom. The predicted octanol–water partition coefficient (Wildman–Crippen LogP) is 5.60. The van der Waals surface area contributed by atoms with E-state index in [1.807, 2.05) is 30.3 Å². The Labute approximate surface area is 138 Å². The van der Waals surface area contributed by atoms with E-state index in [2.05, 4.69) is 31.3 Å². The molecule has 1 saturated carbocycles. The SMILES string of the molecule is Cc1ccc(NC(=O)c2ccc(C3CCCCC3)cc2)cc1C. The molecule has 1 N–H and O–H groups in total. The van der Waals surface area contributed by atoms with Crippen molar-refractivity contribution >= 4 is 11.6 Å². The number of amides is 1. The summed E-state index contributed by atoms with van der Waals surface area (Å²) >= 11 is 0. The predicted molar refractivity (Wildman–Crippen MR) is 96.1 cm³/mol. The minimum atomic E-state index is -0.0385. The van der Waals surface area contributed by atoms with Gasteiger partial charge in [0.25, 0.3) is 5.91 Å². The molecule has 0 saturated heterocycles. The number of aryl methyl sites for hydroxylation is 2. The van der Waals surface area contributed by atoms with Crippen LogP contribution >= 0.6 is 0 Å². The summed E-state index contributed by atoms with van der Waals surface area (Å²) in [5, 5.41) is 2.99. The van der Waals surface area contributed by atoms with Gasteiger partial charge in [0.1, 0.15) is 0 Å². The van der Waals surface area contributed by atoms with Crippen LogP contribution in [0.3, 0.4) is 0 Å². The van der Waals surface area contributed by atoms with Crippen LogP contribution in [0.1, 0.15) is 65.1 Å². The van der Waals surface area contributed by atoms with Gasteiger partial charge in [-0.3, -0.25) is 4.79 Å². The number of hydrogen-bond donors (Lipinski definition) is 1. The van der Waals surface area contributed by atoms with Crippen molar-refractivity contribution in [1.82, 2.24) is 0 Å². The highest BCUT2D eigenvalue weighted by molar-refractivity contribution is 6.04. The zero-order chi connectivity index (χ0) is 16.2. The third kappa shape index (κ3) is 3.82. The molecule has 0 aromatic heterocycles. The number of carbonyl (C=O) groups is 1. The molecule has 23 heavy (non-hydrogen) atoms. The molecular weight excluding hydrogens is 282 g/mol. The number of nitrogens with one attached hydrogen (secondary N) is 1. The van der Waals surface area contributed by atoms with Crippen molar-refractivity contribution in [1.29, 1.82) is 0 Å². The normalized spacial score (nSPS) is 15.4. The monoisotopic (exact) mass is 307 g/mol. The lowest BCUT2D eigenvalue weighted by Crippen LogP contribution is -2.12. The topological polar surface area (TPSA) is 29.1 Å². The molecule has 0 radical (unpaired) electrons. The second kappa shape index (κ2) is 6.99. The minimum Gasteiger partial charge on any atom is -0.322 e. The van der Waals surface area contributed by atoms with Gasteiger partial charge in [0.15, 0.2) is 0 Å². The van der Waals surface area contributed by atoms with E-state index >= 15 is 0 Å². The lowest BCUT2D eigenvalue weighted by molar-refractivity contribution is 0.102. The van der Waals surface area contributed by atoms with Crippen molar-refractivity contribution in [3.05, 3.63) is 64.7 Å². The quantitative estimate of drug-likeness (QED) is 0.785. The van der Waals surface area contributed by atoms with Gasteiger partial charge in [-0.25, -0.2) is 0 Å². The summed E-state index contributed by atoms with van der Waals surface area (Å²) < 4.78 is 0. The molecule has 120 valence electrons. The molecule has 0 unspecified atom stereocenters. The molecule has 0 bridgehead atoms. The molecule has 1 aliphatic rings. The van der Waals surface area contributed by atoms with Crippen LogP contribution in [-0.4, -0.2) is 5.91 Å². The number of anilines is 1. The van der Waals surface area contributed by atoms with Gasteiger partial charge in [-0.05, 0) is 73.6 Å². The molecule has 0 heterocycles. The molecule has 2 aromatic rings. The molecule has 0 spiro atoms. The van der Waals surface area contributed by atoms with E-state index in [4.69, 9.17) is 0 Å². The van der Waals surface area contributed by atoms with Crippen molar-refractivity contribution in [2.75, 3.05) is 5.32 Å². The van der Waals surface area contributed by atoms with Crippen molar-refractivity contribution in [2.24, 2.45) is 0 Å². The Hall–Kier alpha value is -2.09. The fourth-order valence-corrected chi connectivity index (χ4v) is 3.37. The lowest BCUT2D eigenvalue weighted by Gasteiger charge is -2.22. The molecule has 0 atom stereocenters. The molecule has 2 heteroatoms. The van der Waals surface area contributed by atoms with E-state index < -0.39 is 0 Å². The third-order valence-electron chi connectivity index (χ3n) is 5.01. The first kappa shape index (κ1) is 15.8. The van der Waals surface area contributed by atoms with Crippen LogP contribution in [-0.2, 0) is 0 Å². The fourth-order valence-electron chi connectivity index (χ4n) is 3.37. The summed E-state index contributed by atoms with van der Waals surface area (Å²) in [4.78, 5) is 12.4. The largest absolute Gasteiger partial charge is 0.322 e. The van der Waals surface area contributed by atoms with Crippen LogP contribution in [0.2, 0.25) is 0 Å². The van der Waals surface area contributed by atoms with Gasteiger partial charge in [0, 0.05) is 11.3 Å². The zero-order valence-electron chi connectivity index (χ0n) is 14.1. The smallest absolute Gasteiger partial charge is 0.255 e. The lowest BCUT2D eigenvalue weighted by atomic mass is 9.84. The van der Waals surface area contributed by atoms with Crippen LogP contribution in [0.5, 0.6) is 0 Å². The second-order valence-electron chi connectivity index (χ2n) is 6.71. The molecule has 0 aliphatic heterocycles. The van der Waals surface area contributed by atoms with E-state index in [0.717, 1.165) is 11.3 Å². The fraction of sp³-hybridized carbons (Fsp3) is 0.381. The Bertz CT molecular complexity index is 681. The molecule has 3 rings (SSSR count). The Balaban J connectivity index is 1.68. The summed E-state index contributed by atoms with van der Waals surface area (Å²) in [5.74, 6) is 0.643. The van der Waals surface area contributed by atoms with Gasteiger partial charge >= 0.3 is 0 Å². The maximum atomic E-state index is 12.4. The standard InChI is InChI=1S/C21H25NO/c1-15-8-13-20(14-16(15)2)22-21(23)19-11-9-18(10-12-19)17-6-4-3-5-7-17/h8-14,17H,3-7H2,1-2H3,(H,22,23). The molecule has 1 aliphatic carbocycles. The van der Waals surface area contributed by atoms with Gasteiger partial charge in [0.2, 0.25) is 0 Å². The molecular formula is C21H25NO. The third-order valence-corrected chi connectivity index (χ3v) is 5.01. The number of rotatable bonds is 3. The van der Waals surface area contributed by atoms with E-state index in [9.17, 15) is 4.79 Å². The number of hydrogen-bond acceptors (Lipinski definition) is 1. The molecule has 1 amide bonds. The summed E-state index contributed by atoms with van der Waals surface area (Å²) in [7, 11) is 0. The van der Waals surface area contributed by atoms with Crippen LogP contribution in [0.15, 0.2) is 42.5 Å². The van der Waals surface area contributed by atoms with Crippen molar-refractivity contribution < 1.29 is 4.79 Å². The first-order chi connectivity index (χ1) is 11.1. The molecule has 2 aromatic carbocycles. The number of carbonyl (C=O) groups excluding carboxylic acids is 1. The van der Waals surface area contributed by atoms with Gasteiger partial charge in [-0.2, -0.15) is 0 Å². The maximum Gasteiger partial charge on any atom is 0.255 e. The molecule has 2 nitrogen and oxygen atoms in total. The average molecular weight is 307 g/mol. The summed E-state index contributed by atoms with van der Waals surface area (Å²) in [5.41, 5.74) is 5.39. The van der Waals surface area contributed by atoms with Crippen LogP contribution in [0, 0.1) is 13.8 Å². The highest BCUT2D eigenvalue weighted by atomic mass is 16.1. The van der Waals surface area contributed by atoms with Crippen molar-refractivity contribution in [2.45, 2.75) is 51.9 Å².